The van der Waals surface area contributed by atoms with Gasteiger partial charge in [-0.2, -0.15) is 4.73 Å². The molecule has 1 aromatic heterocycles. The summed E-state index contributed by atoms with van der Waals surface area (Å²) in [5.74, 6) is 0.446. The van der Waals surface area contributed by atoms with Crippen LogP contribution in [0.25, 0.3) is 22.1 Å². The highest BCUT2D eigenvalue weighted by atomic mass is 16.5. The van der Waals surface area contributed by atoms with Crippen LogP contribution >= 0.6 is 0 Å². The Morgan fingerprint density at radius 2 is 2.00 bits per heavy atom. The lowest BCUT2D eigenvalue weighted by Crippen LogP contribution is -2.28. The van der Waals surface area contributed by atoms with E-state index in [1.807, 2.05) is 0 Å². The van der Waals surface area contributed by atoms with E-state index >= 15 is 0 Å². The van der Waals surface area contributed by atoms with Gasteiger partial charge in [0.2, 0.25) is 5.52 Å². The van der Waals surface area contributed by atoms with Crippen molar-refractivity contribution in [2.45, 2.75) is 0 Å². The molecule has 1 heterocycles. The second-order valence-corrected chi connectivity index (χ2v) is 3.88. The molecule has 0 aliphatic carbocycles. The first-order chi connectivity index (χ1) is 8.72. The Balaban J connectivity index is 2.56. The lowest BCUT2D eigenvalue weighted by molar-refractivity contribution is -0.548. The number of hydrogen-bond donors (Lipinski definition) is 1. The summed E-state index contributed by atoms with van der Waals surface area (Å²) in [4.78, 5) is 4.36. The summed E-state index contributed by atoms with van der Waals surface area (Å²) in [5.41, 5.74) is 1.44. The topological polar surface area (TPSA) is 69.3 Å². The van der Waals surface area contributed by atoms with Crippen molar-refractivity contribution in [2.24, 2.45) is 0 Å². The quantitative estimate of drug-likeness (QED) is 0.401. The predicted molar refractivity (Wildman–Crippen MR) is 66.4 cm³/mol. The first kappa shape index (κ1) is 10.6. The minimum atomic E-state index is -0.0836. The number of hydrogen-bond acceptors (Lipinski definition) is 4. The van der Waals surface area contributed by atoms with E-state index in [0.29, 0.717) is 27.0 Å². The van der Waals surface area contributed by atoms with Crippen LogP contribution in [0.5, 0.6) is 11.5 Å². The molecule has 0 saturated heterocycles. The molecular formula is C13H10N2O3. The Morgan fingerprint density at radius 3 is 2.78 bits per heavy atom. The molecule has 0 unspecified atom stereocenters. The molecule has 5 heteroatoms. The average Bonchev–Trinajstić information content (AvgIpc) is 2.38. The summed E-state index contributed by atoms with van der Waals surface area (Å²) in [7, 11) is 1.53. The molecule has 18 heavy (non-hydrogen) atoms. The summed E-state index contributed by atoms with van der Waals surface area (Å²) in [6.45, 7) is 0. The first-order valence-electron chi connectivity index (χ1n) is 5.40. The smallest absolute Gasteiger partial charge is 0.285 e. The lowest BCUT2D eigenvalue weighted by Gasteiger charge is -2.08. The fourth-order valence-electron chi connectivity index (χ4n) is 2.01. The zero-order chi connectivity index (χ0) is 12.7. The summed E-state index contributed by atoms with van der Waals surface area (Å²) in [6, 6.07) is 9.88. The van der Waals surface area contributed by atoms with Crippen molar-refractivity contribution in [1.82, 2.24) is 4.98 Å². The normalized spacial score (nSPS) is 10.9. The van der Waals surface area contributed by atoms with Gasteiger partial charge in [0.15, 0.2) is 17.0 Å². The SMILES string of the molecule is COc1cccc2c1nc1cccc(O)c1[n+]2[O-]. The van der Waals surface area contributed by atoms with E-state index in [4.69, 9.17) is 4.74 Å². The Labute approximate surface area is 102 Å². The van der Waals surface area contributed by atoms with Gasteiger partial charge in [-0.1, -0.05) is 12.1 Å². The minimum Gasteiger partial charge on any atom is -0.618 e. The van der Waals surface area contributed by atoms with Gasteiger partial charge in [-0.05, 0) is 18.2 Å². The molecule has 0 amide bonds. The molecule has 0 aliphatic rings. The number of fused-ring (bicyclic) bond motifs is 2. The largest absolute Gasteiger partial charge is 0.618 e. The molecular weight excluding hydrogens is 232 g/mol. The third-order valence-electron chi connectivity index (χ3n) is 2.85. The number of ether oxygens (including phenoxy) is 1. The van der Waals surface area contributed by atoms with Crippen LogP contribution in [0.2, 0.25) is 0 Å². The van der Waals surface area contributed by atoms with Gasteiger partial charge < -0.3 is 15.1 Å². The van der Waals surface area contributed by atoms with Gasteiger partial charge in [0.25, 0.3) is 5.52 Å². The number of phenols is 1. The third-order valence-corrected chi connectivity index (χ3v) is 2.85. The van der Waals surface area contributed by atoms with E-state index in [1.165, 1.54) is 13.2 Å². The van der Waals surface area contributed by atoms with Crippen molar-refractivity contribution >= 4 is 22.1 Å². The molecule has 0 bridgehead atoms. The summed E-state index contributed by atoms with van der Waals surface area (Å²) < 4.78 is 5.86. The number of para-hydroxylation sites is 2. The highest BCUT2D eigenvalue weighted by Gasteiger charge is 2.17. The van der Waals surface area contributed by atoms with Crippen molar-refractivity contribution in [3.63, 3.8) is 0 Å². The van der Waals surface area contributed by atoms with Crippen LogP contribution in [0.15, 0.2) is 36.4 Å². The maximum absolute atomic E-state index is 12.2. The number of rotatable bonds is 1. The van der Waals surface area contributed by atoms with Crippen molar-refractivity contribution in [3.8, 4) is 11.5 Å². The molecule has 0 atom stereocenters. The lowest BCUT2D eigenvalue weighted by atomic mass is 10.2. The first-order valence-corrected chi connectivity index (χ1v) is 5.40. The van der Waals surface area contributed by atoms with E-state index < -0.39 is 0 Å². The molecule has 3 rings (SSSR count). The van der Waals surface area contributed by atoms with E-state index in [2.05, 4.69) is 4.98 Å². The minimum absolute atomic E-state index is 0.0836. The van der Waals surface area contributed by atoms with Gasteiger partial charge in [0, 0.05) is 6.07 Å². The summed E-state index contributed by atoms with van der Waals surface area (Å²) >= 11 is 0. The summed E-state index contributed by atoms with van der Waals surface area (Å²) in [5, 5.41) is 22.0. The van der Waals surface area contributed by atoms with Crippen LogP contribution in [-0.2, 0) is 0 Å². The van der Waals surface area contributed by atoms with Crippen LogP contribution in [-0.4, -0.2) is 17.2 Å². The van der Waals surface area contributed by atoms with E-state index in [0.717, 1.165) is 0 Å². The van der Waals surface area contributed by atoms with Crippen molar-refractivity contribution in [1.29, 1.82) is 0 Å². The summed E-state index contributed by atoms with van der Waals surface area (Å²) in [6.07, 6.45) is 0. The van der Waals surface area contributed by atoms with Gasteiger partial charge in [0.05, 0.1) is 7.11 Å². The maximum Gasteiger partial charge on any atom is 0.285 e. The molecule has 5 nitrogen and oxygen atoms in total. The van der Waals surface area contributed by atoms with Crippen LogP contribution in [0.1, 0.15) is 0 Å². The van der Waals surface area contributed by atoms with Gasteiger partial charge in [-0.15, -0.1) is 0 Å². The molecule has 0 saturated carbocycles. The van der Waals surface area contributed by atoms with Crippen LogP contribution in [0.3, 0.4) is 0 Å². The molecule has 2 aromatic carbocycles. The van der Waals surface area contributed by atoms with E-state index in [9.17, 15) is 10.3 Å². The Kier molecular flexibility index (Phi) is 2.19. The zero-order valence-electron chi connectivity index (χ0n) is 9.62. The Hall–Kier alpha value is -2.56. The third kappa shape index (κ3) is 1.34. The number of aromatic hydroxyl groups is 1. The second-order valence-electron chi connectivity index (χ2n) is 3.88. The van der Waals surface area contributed by atoms with E-state index in [-0.39, 0.29) is 11.3 Å². The molecule has 3 aromatic rings. The van der Waals surface area contributed by atoms with Crippen molar-refractivity contribution < 1.29 is 14.6 Å². The van der Waals surface area contributed by atoms with Gasteiger partial charge in [0.1, 0.15) is 5.52 Å². The van der Waals surface area contributed by atoms with Crippen LogP contribution in [0, 0.1) is 5.21 Å². The number of methoxy groups -OCH3 is 1. The van der Waals surface area contributed by atoms with Crippen molar-refractivity contribution in [2.75, 3.05) is 7.11 Å². The zero-order valence-corrected chi connectivity index (χ0v) is 9.62. The molecule has 0 spiro atoms. The second kappa shape index (κ2) is 3.73. The number of nitrogens with zero attached hydrogens (tertiary/aromatic N) is 2. The molecule has 0 fully saturated rings. The molecule has 0 aliphatic heterocycles. The fourth-order valence-corrected chi connectivity index (χ4v) is 2.01. The Morgan fingerprint density at radius 1 is 1.22 bits per heavy atom. The predicted octanol–water partition coefficient (Wildman–Crippen LogP) is 1.74. The number of phenolic OH excluding ortho intramolecular Hbond substituents is 1. The highest BCUT2D eigenvalue weighted by molar-refractivity contribution is 5.87. The monoisotopic (exact) mass is 242 g/mol. The average molecular weight is 242 g/mol. The maximum atomic E-state index is 12.2. The highest BCUT2D eigenvalue weighted by Crippen LogP contribution is 2.26. The van der Waals surface area contributed by atoms with Crippen LogP contribution < -0.4 is 9.47 Å². The number of benzene rings is 2. The Bertz CT molecular complexity index is 756. The van der Waals surface area contributed by atoms with Gasteiger partial charge in [-0.3, -0.25) is 0 Å². The standard InChI is InChI=1S/C13H10N2O3/c1-18-11-7-3-5-9-12(11)14-8-4-2-6-10(16)13(8)15(9)17/h2-7,16H,1H3. The van der Waals surface area contributed by atoms with Gasteiger partial charge in [-0.25, -0.2) is 4.98 Å². The molecule has 1 N–H and O–H groups in total. The van der Waals surface area contributed by atoms with Gasteiger partial charge >= 0.3 is 0 Å². The molecule has 90 valence electrons. The number of aromatic nitrogens is 2. The molecule has 0 radical (unpaired) electrons. The van der Waals surface area contributed by atoms with Crippen molar-refractivity contribution in [3.05, 3.63) is 41.6 Å². The fraction of sp³-hybridized carbons (Fsp3) is 0.0769. The van der Waals surface area contributed by atoms with E-state index in [1.54, 1.807) is 30.3 Å². The van der Waals surface area contributed by atoms with Crippen LogP contribution in [0.4, 0.5) is 0 Å².